The molecule has 0 aliphatic rings. The van der Waals surface area contributed by atoms with Crippen molar-refractivity contribution in [3.05, 3.63) is 237 Å². The fraction of sp³-hybridized carbons (Fsp3) is 0.0317. The van der Waals surface area contributed by atoms with Gasteiger partial charge in [0.15, 0.2) is 22.7 Å². The minimum atomic E-state index is -4.69. The Morgan fingerprint density at radius 1 is 0.440 bits per heavy atom. The summed E-state index contributed by atoms with van der Waals surface area (Å²) in [7, 11) is 0. The van der Waals surface area contributed by atoms with Crippen molar-refractivity contribution in [3.8, 4) is 74.1 Å². The van der Waals surface area contributed by atoms with Gasteiger partial charge in [-0.25, -0.2) is 19.4 Å². The first-order valence-electron chi connectivity index (χ1n) is 23.0. The van der Waals surface area contributed by atoms with E-state index in [1.54, 1.807) is 43.3 Å². The highest BCUT2D eigenvalue weighted by Crippen LogP contribution is 2.48. The molecule has 0 bridgehead atoms. The van der Waals surface area contributed by atoms with Gasteiger partial charge in [0.25, 0.3) is 0 Å². The van der Waals surface area contributed by atoms with Crippen LogP contribution in [0.2, 0.25) is 0 Å². The number of fused-ring (bicyclic) bond motifs is 6. The highest BCUT2D eigenvalue weighted by molar-refractivity contribution is 6.14. The van der Waals surface area contributed by atoms with Crippen LogP contribution >= 0.6 is 0 Å². The SMILES string of the molecule is [C-]#[N+]c1cc(C#N)c(-c2ccc3c(c2)c2ccccc2n3-c2cc(-c3c(C)cccc3C(F)(F)F)ccc2-c2ccc(C#N)cc2-n2c3ccccc3c3cc(-c4c([N+]#[C-])cc(C#N)cc4[N+]#[C-])ccc32)c([N+]#[C-])c1. The van der Waals surface area contributed by atoms with Gasteiger partial charge in [0.05, 0.1) is 89.1 Å². The minimum absolute atomic E-state index is 0.0164. The fourth-order valence-corrected chi connectivity index (χ4v) is 10.5. The Balaban J connectivity index is 1.23. The molecule has 0 amide bonds. The van der Waals surface area contributed by atoms with Crippen LogP contribution in [0.4, 0.5) is 35.9 Å². The van der Waals surface area contributed by atoms with Gasteiger partial charge in [-0.1, -0.05) is 84.9 Å². The lowest BCUT2D eigenvalue weighted by Crippen LogP contribution is -2.08. The van der Waals surface area contributed by atoms with Gasteiger partial charge in [-0.15, -0.1) is 0 Å². The predicted octanol–water partition coefficient (Wildman–Crippen LogP) is 17.7. The first kappa shape index (κ1) is 46.2. The van der Waals surface area contributed by atoms with Crippen LogP contribution in [-0.2, 0) is 6.18 Å². The number of halogens is 3. The molecule has 11 rings (SSSR count). The molecule has 12 heteroatoms. The minimum Gasteiger partial charge on any atom is -0.309 e. The van der Waals surface area contributed by atoms with Crippen LogP contribution in [0.3, 0.4) is 0 Å². The standard InChI is InChI=1S/C63H30F3N9/c1-36-11-10-14-50(63(64,65)66)60(36)41-18-22-47(59(31-41)75-55-16-9-7-12-44(55)48-29-39(19-23-57(48)75)61-42(35-69)28-43(70-2)32-53(61)73-5)46-21-17-37(33-67)27-58(46)74-54-15-8-6-13-45(54)49-30-40(20-24-56(49)74)62-51(71-3)25-38(34-68)26-52(62)72-4/h6-32H,1H3. The Hall–Kier alpha value is -11.2. The highest BCUT2D eigenvalue weighted by Gasteiger charge is 2.35. The van der Waals surface area contributed by atoms with E-state index in [4.69, 9.17) is 26.3 Å². The van der Waals surface area contributed by atoms with Crippen LogP contribution in [0.25, 0.3) is 119 Å². The summed E-state index contributed by atoms with van der Waals surface area (Å²) >= 11 is 0. The number of aryl methyl sites for hydroxylation is 1. The van der Waals surface area contributed by atoms with E-state index in [-0.39, 0.29) is 39.4 Å². The Morgan fingerprint density at radius 3 is 1.49 bits per heavy atom. The normalized spacial score (nSPS) is 11.1. The molecule has 2 aromatic heterocycles. The molecular weight excluding hydrogens is 940 g/mol. The van der Waals surface area contributed by atoms with Crippen molar-refractivity contribution in [1.29, 1.82) is 15.8 Å². The van der Waals surface area contributed by atoms with Crippen LogP contribution in [-0.4, -0.2) is 9.13 Å². The lowest BCUT2D eigenvalue weighted by molar-refractivity contribution is -0.137. The van der Waals surface area contributed by atoms with Crippen LogP contribution in [0, 0.1) is 67.2 Å². The van der Waals surface area contributed by atoms with Crippen LogP contribution < -0.4 is 0 Å². The average molecular weight is 970 g/mol. The largest absolute Gasteiger partial charge is 0.417 e. The molecule has 0 spiro atoms. The summed E-state index contributed by atoms with van der Waals surface area (Å²) in [4.78, 5) is 14.6. The molecule has 9 aromatic carbocycles. The van der Waals surface area contributed by atoms with Crippen molar-refractivity contribution in [1.82, 2.24) is 9.13 Å². The maximum absolute atomic E-state index is 15.0. The average Bonchev–Trinajstić information content (AvgIpc) is 3.96. The Bertz CT molecular complexity index is 4570. The predicted molar refractivity (Wildman–Crippen MR) is 286 cm³/mol. The second-order valence-corrected chi connectivity index (χ2v) is 17.7. The molecule has 0 aliphatic carbocycles. The first-order chi connectivity index (χ1) is 36.4. The van der Waals surface area contributed by atoms with Crippen molar-refractivity contribution in [2.45, 2.75) is 13.1 Å². The van der Waals surface area contributed by atoms with E-state index in [1.807, 2.05) is 106 Å². The molecule has 75 heavy (non-hydrogen) atoms. The van der Waals surface area contributed by atoms with Gasteiger partial charge in [0, 0.05) is 49.4 Å². The van der Waals surface area contributed by atoms with Gasteiger partial charge in [0.2, 0.25) is 0 Å². The van der Waals surface area contributed by atoms with E-state index >= 15 is 13.2 Å². The number of hydrogen-bond donors (Lipinski definition) is 0. The van der Waals surface area contributed by atoms with Crippen molar-refractivity contribution < 1.29 is 13.2 Å². The Labute approximate surface area is 427 Å². The van der Waals surface area contributed by atoms with Gasteiger partial charge in [-0.3, -0.25) is 0 Å². The lowest BCUT2D eigenvalue weighted by atomic mass is 9.91. The smallest absolute Gasteiger partial charge is 0.309 e. The molecule has 0 unspecified atom stereocenters. The number of rotatable bonds is 6. The third-order valence-electron chi connectivity index (χ3n) is 13.6. The number of nitrogens with zero attached hydrogens (tertiary/aromatic N) is 9. The number of nitriles is 3. The number of benzene rings is 9. The van der Waals surface area contributed by atoms with Crippen molar-refractivity contribution >= 4 is 66.4 Å². The molecule has 0 atom stereocenters. The van der Waals surface area contributed by atoms with Crippen molar-refractivity contribution in [2.24, 2.45) is 0 Å². The lowest BCUT2D eigenvalue weighted by Gasteiger charge is -2.21. The van der Waals surface area contributed by atoms with Crippen LogP contribution in [0.5, 0.6) is 0 Å². The molecule has 0 saturated carbocycles. The fourth-order valence-electron chi connectivity index (χ4n) is 10.5. The third kappa shape index (κ3) is 7.43. The maximum Gasteiger partial charge on any atom is 0.417 e. The second-order valence-electron chi connectivity index (χ2n) is 17.7. The zero-order valence-corrected chi connectivity index (χ0v) is 39.2. The zero-order chi connectivity index (χ0) is 52.3. The summed E-state index contributed by atoms with van der Waals surface area (Å²) in [5, 5.41) is 33.6. The number of para-hydroxylation sites is 2. The molecule has 0 fully saturated rings. The van der Waals surface area contributed by atoms with Crippen molar-refractivity contribution in [2.75, 3.05) is 0 Å². The monoisotopic (exact) mass is 969 g/mol. The van der Waals surface area contributed by atoms with E-state index in [0.29, 0.717) is 72.5 Å². The van der Waals surface area contributed by atoms with Gasteiger partial charge < -0.3 is 9.13 Å². The molecule has 0 aliphatic heterocycles. The van der Waals surface area contributed by atoms with Crippen LogP contribution in [0.1, 0.15) is 27.8 Å². The Kier molecular flexibility index (Phi) is 11.0. The third-order valence-corrected chi connectivity index (χ3v) is 13.6. The number of alkyl halides is 3. The summed E-state index contributed by atoms with van der Waals surface area (Å²) in [6.07, 6.45) is -4.69. The van der Waals surface area contributed by atoms with Crippen molar-refractivity contribution in [3.63, 3.8) is 0 Å². The molecule has 348 valence electrons. The molecule has 9 nitrogen and oxygen atoms in total. The van der Waals surface area contributed by atoms with Gasteiger partial charge in [-0.2, -0.15) is 29.0 Å². The summed E-state index contributed by atoms with van der Waals surface area (Å²) < 4.78 is 49.1. The molecule has 0 saturated heterocycles. The highest BCUT2D eigenvalue weighted by atomic mass is 19.4. The van der Waals surface area contributed by atoms with Gasteiger partial charge in [0.1, 0.15) is 0 Å². The Morgan fingerprint density at radius 2 is 0.947 bits per heavy atom. The summed E-state index contributed by atoms with van der Waals surface area (Å²) in [5.74, 6) is 0. The summed E-state index contributed by atoms with van der Waals surface area (Å²) in [5.41, 5.74) is 8.37. The van der Waals surface area contributed by atoms with E-state index < -0.39 is 11.7 Å². The van der Waals surface area contributed by atoms with Gasteiger partial charge >= 0.3 is 6.18 Å². The molecule has 2 heterocycles. The summed E-state index contributed by atoms with van der Waals surface area (Å²) in [6, 6.07) is 53.6. The molecule has 0 radical (unpaired) electrons. The van der Waals surface area contributed by atoms with E-state index in [9.17, 15) is 15.8 Å². The second kappa shape index (κ2) is 17.9. The first-order valence-corrected chi connectivity index (χ1v) is 23.0. The van der Waals surface area contributed by atoms with Crippen LogP contribution in [0.15, 0.2) is 164 Å². The van der Waals surface area contributed by atoms with E-state index in [0.717, 1.165) is 38.6 Å². The van der Waals surface area contributed by atoms with Gasteiger partial charge in [-0.05, 0) is 119 Å². The van der Waals surface area contributed by atoms with E-state index in [2.05, 4.69) is 31.5 Å². The number of hydrogen-bond acceptors (Lipinski definition) is 3. The quantitative estimate of drug-likeness (QED) is 0.155. The summed E-state index contributed by atoms with van der Waals surface area (Å²) in [6.45, 7) is 33.2. The number of aromatic nitrogens is 2. The molecule has 0 N–H and O–H groups in total. The topological polar surface area (TPSA) is 98.7 Å². The van der Waals surface area contributed by atoms with E-state index in [1.165, 1.54) is 30.3 Å². The molecular formula is C63H30F3N9. The maximum atomic E-state index is 15.0. The zero-order valence-electron chi connectivity index (χ0n) is 39.2. The molecule has 11 aromatic rings.